The number of anilines is 2. The second kappa shape index (κ2) is 8.18. The number of hydrogen-bond donors (Lipinski definition) is 4. The lowest BCUT2D eigenvalue weighted by Gasteiger charge is -2.34. The van der Waals surface area contributed by atoms with Crippen molar-refractivity contribution in [3.05, 3.63) is 58.9 Å². The number of carbonyl (C=O) groups is 2. The van der Waals surface area contributed by atoms with Gasteiger partial charge in [-0.2, -0.15) is 0 Å². The van der Waals surface area contributed by atoms with E-state index in [-0.39, 0.29) is 30.8 Å². The van der Waals surface area contributed by atoms with Crippen molar-refractivity contribution in [3.8, 4) is 0 Å². The molecule has 2 aromatic carbocycles. The number of amides is 2. The van der Waals surface area contributed by atoms with Crippen LogP contribution < -0.4 is 16.0 Å². The number of methoxy groups -OCH3 is 1. The number of benzene rings is 2. The number of rotatable bonds is 6. The van der Waals surface area contributed by atoms with Crippen LogP contribution in [0, 0.1) is 5.82 Å². The molecule has 3 rings (SSSR count). The highest BCUT2D eigenvalue weighted by Crippen LogP contribution is 2.30. The van der Waals surface area contributed by atoms with E-state index in [0.717, 1.165) is 0 Å². The van der Waals surface area contributed by atoms with E-state index in [1.165, 1.54) is 27.0 Å². The highest BCUT2D eigenvalue weighted by molar-refractivity contribution is 6.05. The topological polar surface area (TPSA) is 99.7 Å². The van der Waals surface area contributed by atoms with Gasteiger partial charge < -0.3 is 25.8 Å². The molecule has 0 bridgehead atoms. The standard InChI is InChI=1S/C21H24FN3O4/c1-21(2,28)18-20(27)25-16-7-6-13(9-17(16)24-18)19(26)23-10-12-4-5-14(11-29-3)15(22)8-12/h4-9,18,24,28H,10-11H2,1-3H3,(H,23,26)(H,25,27)/t18-/m1/s1. The molecular formula is C21H24FN3O4. The van der Waals surface area contributed by atoms with Crippen molar-refractivity contribution in [2.75, 3.05) is 17.7 Å². The van der Waals surface area contributed by atoms with Gasteiger partial charge in [0.25, 0.3) is 5.91 Å². The fourth-order valence-corrected chi connectivity index (χ4v) is 3.10. The van der Waals surface area contributed by atoms with Gasteiger partial charge in [-0.15, -0.1) is 0 Å². The first-order chi connectivity index (χ1) is 13.7. The van der Waals surface area contributed by atoms with E-state index in [1.807, 2.05) is 0 Å². The van der Waals surface area contributed by atoms with Crippen LogP contribution in [0.1, 0.15) is 35.3 Å². The number of halogens is 1. The largest absolute Gasteiger partial charge is 0.388 e. The van der Waals surface area contributed by atoms with Crippen LogP contribution in [-0.2, 0) is 22.7 Å². The molecule has 2 amide bonds. The van der Waals surface area contributed by atoms with Gasteiger partial charge in [0.05, 0.1) is 23.6 Å². The highest BCUT2D eigenvalue weighted by atomic mass is 19.1. The van der Waals surface area contributed by atoms with Crippen molar-refractivity contribution >= 4 is 23.2 Å². The molecule has 0 spiro atoms. The maximum atomic E-state index is 14.0. The van der Waals surface area contributed by atoms with Gasteiger partial charge in [0.1, 0.15) is 11.9 Å². The van der Waals surface area contributed by atoms with Crippen LogP contribution in [0.3, 0.4) is 0 Å². The van der Waals surface area contributed by atoms with Crippen LogP contribution in [0.4, 0.5) is 15.8 Å². The second-order valence-corrected chi connectivity index (χ2v) is 7.52. The van der Waals surface area contributed by atoms with Gasteiger partial charge in [0.2, 0.25) is 5.91 Å². The first-order valence-electron chi connectivity index (χ1n) is 9.17. The van der Waals surface area contributed by atoms with Gasteiger partial charge in [-0.25, -0.2) is 4.39 Å². The minimum Gasteiger partial charge on any atom is -0.388 e. The number of carbonyl (C=O) groups excluding carboxylic acids is 2. The Bertz CT molecular complexity index is 940. The second-order valence-electron chi connectivity index (χ2n) is 7.52. The number of hydrogen-bond acceptors (Lipinski definition) is 5. The average Bonchev–Trinajstić information content (AvgIpc) is 2.66. The monoisotopic (exact) mass is 401 g/mol. The van der Waals surface area contributed by atoms with Gasteiger partial charge in [0.15, 0.2) is 0 Å². The molecule has 4 N–H and O–H groups in total. The van der Waals surface area contributed by atoms with E-state index in [1.54, 1.807) is 30.3 Å². The van der Waals surface area contributed by atoms with Gasteiger partial charge >= 0.3 is 0 Å². The normalized spacial score (nSPS) is 15.9. The molecule has 2 aromatic rings. The van der Waals surface area contributed by atoms with Gasteiger partial charge in [-0.05, 0) is 43.7 Å². The Labute approximate surface area is 168 Å². The molecular weight excluding hydrogens is 377 g/mol. The SMILES string of the molecule is COCc1ccc(CNC(=O)c2ccc3c(c2)N[C@@H](C(C)(C)O)C(=O)N3)cc1F. The third-order valence-electron chi connectivity index (χ3n) is 4.68. The Morgan fingerprint density at radius 1 is 1.24 bits per heavy atom. The fraction of sp³-hybridized carbons (Fsp3) is 0.333. The molecule has 0 aliphatic carbocycles. The minimum atomic E-state index is -1.28. The fourth-order valence-electron chi connectivity index (χ4n) is 3.10. The summed E-state index contributed by atoms with van der Waals surface area (Å²) in [4.78, 5) is 24.6. The Morgan fingerprint density at radius 3 is 2.66 bits per heavy atom. The van der Waals surface area contributed by atoms with Crippen LogP contribution in [0.5, 0.6) is 0 Å². The molecule has 7 nitrogen and oxygen atoms in total. The molecule has 29 heavy (non-hydrogen) atoms. The number of nitrogens with one attached hydrogen (secondary N) is 3. The first kappa shape index (κ1) is 20.8. The lowest BCUT2D eigenvalue weighted by atomic mass is 9.95. The molecule has 0 aromatic heterocycles. The summed E-state index contributed by atoms with van der Waals surface area (Å²) in [5.74, 6) is -1.07. The predicted molar refractivity (Wildman–Crippen MR) is 107 cm³/mol. The van der Waals surface area contributed by atoms with Crippen LogP contribution in [0.15, 0.2) is 36.4 Å². The predicted octanol–water partition coefficient (Wildman–Crippen LogP) is 2.41. The molecule has 154 valence electrons. The van der Waals surface area contributed by atoms with Crippen molar-refractivity contribution in [2.45, 2.75) is 38.6 Å². The van der Waals surface area contributed by atoms with Crippen molar-refractivity contribution in [1.82, 2.24) is 5.32 Å². The van der Waals surface area contributed by atoms with E-state index in [2.05, 4.69) is 16.0 Å². The van der Waals surface area contributed by atoms with Crippen LogP contribution in [-0.4, -0.2) is 35.7 Å². The van der Waals surface area contributed by atoms with Crippen LogP contribution in [0.2, 0.25) is 0 Å². The van der Waals surface area contributed by atoms with Gasteiger partial charge in [-0.1, -0.05) is 12.1 Å². The first-order valence-corrected chi connectivity index (χ1v) is 9.17. The summed E-state index contributed by atoms with van der Waals surface area (Å²) in [7, 11) is 1.50. The van der Waals surface area contributed by atoms with Crippen molar-refractivity contribution in [2.24, 2.45) is 0 Å². The van der Waals surface area contributed by atoms with E-state index >= 15 is 0 Å². The summed E-state index contributed by atoms with van der Waals surface area (Å²) in [6, 6.07) is 8.69. The minimum absolute atomic E-state index is 0.163. The Morgan fingerprint density at radius 2 is 2.00 bits per heavy atom. The maximum Gasteiger partial charge on any atom is 0.251 e. The molecule has 0 radical (unpaired) electrons. The summed E-state index contributed by atoms with van der Waals surface area (Å²) in [5, 5.41) is 18.6. The van der Waals surface area contributed by atoms with E-state index < -0.39 is 11.6 Å². The lowest BCUT2D eigenvalue weighted by molar-refractivity contribution is -0.121. The quantitative estimate of drug-likeness (QED) is 0.596. The molecule has 0 saturated carbocycles. The highest BCUT2D eigenvalue weighted by Gasteiger charge is 2.37. The smallest absolute Gasteiger partial charge is 0.251 e. The van der Waals surface area contributed by atoms with Crippen LogP contribution >= 0.6 is 0 Å². The molecule has 1 atom stereocenters. The Kier molecular flexibility index (Phi) is 5.86. The Balaban J connectivity index is 1.70. The van der Waals surface area contributed by atoms with Crippen molar-refractivity contribution in [1.29, 1.82) is 0 Å². The molecule has 1 aliphatic rings. The number of ether oxygens (including phenoxy) is 1. The number of aliphatic hydroxyl groups is 1. The summed E-state index contributed by atoms with van der Waals surface area (Å²) < 4.78 is 18.9. The molecule has 0 fully saturated rings. The Hall–Kier alpha value is -2.97. The molecule has 0 saturated heterocycles. The third-order valence-corrected chi connectivity index (χ3v) is 4.68. The summed E-state index contributed by atoms with van der Waals surface area (Å²) >= 11 is 0. The number of fused-ring (bicyclic) bond motifs is 1. The van der Waals surface area contributed by atoms with Crippen molar-refractivity contribution < 1.29 is 23.8 Å². The van der Waals surface area contributed by atoms with E-state index in [9.17, 15) is 19.1 Å². The zero-order chi connectivity index (χ0) is 21.2. The average molecular weight is 401 g/mol. The van der Waals surface area contributed by atoms with Crippen molar-refractivity contribution in [3.63, 3.8) is 0 Å². The van der Waals surface area contributed by atoms with E-state index in [0.29, 0.717) is 28.1 Å². The maximum absolute atomic E-state index is 14.0. The summed E-state index contributed by atoms with van der Waals surface area (Å²) in [6.07, 6.45) is 0. The zero-order valence-corrected chi connectivity index (χ0v) is 16.5. The summed E-state index contributed by atoms with van der Waals surface area (Å²) in [6.45, 7) is 3.41. The molecule has 1 aliphatic heterocycles. The van der Waals surface area contributed by atoms with Gasteiger partial charge in [-0.3, -0.25) is 9.59 Å². The molecule has 0 unspecified atom stereocenters. The third kappa shape index (κ3) is 4.72. The van der Waals surface area contributed by atoms with Crippen LogP contribution in [0.25, 0.3) is 0 Å². The van der Waals surface area contributed by atoms with E-state index in [4.69, 9.17) is 4.74 Å². The summed E-state index contributed by atoms with van der Waals surface area (Å²) in [5.41, 5.74) is 1.24. The van der Waals surface area contributed by atoms with Gasteiger partial charge in [0, 0.05) is 24.8 Å². The molecule has 8 heteroatoms. The molecule has 1 heterocycles. The zero-order valence-electron chi connectivity index (χ0n) is 16.5. The lowest BCUT2D eigenvalue weighted by Crippen LogP contribution is -2.52.